The van der Waals surface area contributed by atoms with Crippen LogP contribution in [0.25, 0.3) is 0 Å². The van der Waals surface area contributed by atoms with Crippen molar-refractivity contribution in [2.24, 2.45) is 0 Å². The fourth-order valence-electron chi connectivity index (χ4n) is 1.46. The molecule has 0 spiro atoms. The summed E-state index contributed by atoms with van der Waals surface area (Å²) in [6, 6.07) is 2.63. The van der Waals surface area contributed by atoms with Crippen molar-refractivity contribution in [3.05, 3.63) is 35.4 Å². The lowest BCUT2D eigenvalue weighted by atomic mass is 10.1. The van der Waals surface area contributed by atoms with Gasteiger partial charge in [-0.3, -0.25) is 10.1 Å². The molecule has 0 aliphatic rings. The largest absolute Gasteiger partial charge is 0.452 e. The van der Waals surface area contributed by atoms with Crippen LogP contribution in [0.4, 0.5) is 18.0 Å². The van der Waals surface area contributed by atoms with Crippen LogP contribution in [-0.4, -0.2) is 31.1 Å². The number of urea groups is 1. The van der Waals surface area contributed by atoms with Gasteiger partial charge in [0.2, 0.25) is 0 Å². The van der Waals surface area contributed by atoms with E-state index >= 15 is 0 Å². The Hall–Kier alpha value is -2.58. The number of alkyl halides is 3. The molecule has 1 rings (SSSR count). The molecule has 0 unspecified atom stereocenters. The van der Waals surface area contributed by atoms with Crippen LogP contribution in [0.3, 0.4) is 0 Å². The van der Waals surface area contributed by atoms with Crippen molar-refractivity contribution in [2.45, 2.75) is 19.5 Å². The smallest absolute Gasteiger partial charge is 0.416 e. The van der Waals surface area contributed by atoms with Gasteiger partial charge in [0, 0.05) is 6.54 Å². The molecule has 0 aromatic heterocycles. The Morgan fingerprint density at radius 3 is 2.26 bits per heavy atom. The number of rotatable bonds is 5. The summed E-state index contributed by atoms with van der Waals surface area (Å²) < 4.78 is 41.7. The number of ether oxygens (including phenoxy) is 1. The van der Waals surface area contributed by atoms with Gasteiger partial charge in [0.05, 0.1) is 11.1 Å². The molecule has 1 aromatic rings. The zero-order valence-corrected chi connectivity index (χ0v) is 12.2. The first-order valence-electron chi connectivity index (χ1n) is 6.66. The van der Waals surface area contributed by atoms with Gasteiger partial charge in [-0.1, -0.05) is 6.92 Å². The summed E-state index contributed by atoms with van der Waals surface area (Å²) in [7, 11) is 0. The number of amides is 3. The summed E-state index contributed by atoms with van der Waals surface area (Å²) >= 11 is 0. The predicted octanol–water partition coefficient (Wildman–Crippen LogP) is 2.10. The minimum Gasteiger partial charge on any atom is -0.452 e. The van der Waals surface area contributed by atoms with Crippen LogP contribution in [0.5, 0.6) is 0 Å². The second kappa shape index (κ2) is 8.16. The van der Waals surface area contributed by atoms with E-state index in [2.05, 4.69) is 10.1 Å². The fourth-order valence-corrected chi connectivity index (χ4v) is 1.46. The van der Waals surface area contributed by atoms with Crippen molar-refractivity contribution in [3.8, 4) is 0 Å². The monoisotopic (exact) mass is 332 g/mol. The van der Waals surface area contributed by atoms with E-state index in [1.165, 1.54) is 0 Å². The Morgan fingerprint density at radius 1 is 1.13 bits per heavy atom. The number of nitrogens with one attached hydrogen (secondary N) is 2. The van der Waals surface area contributed by atoms with E-state index in [1.54, 1.807) is 0 Å². The Kier molecular flexibility index (Phi) is 6.55. The van der Waals surface area contributed by atoms with E-state index < -0.39 is 36.3 Å². The van der Waals surface area contributed by atoms with Gasteiger partial charge >= 0.3 is 18.2 Å². The van der Waals surface area contributed by atoms with Crippen molar-refractivity contribution >= 4 is 17.9 Å². The SMILES string of the molecule is CCCNC(=O)NC(=O)COC(=O)c1ccc(C(F)(F)F)cc1. The lowest BCUT2D eigenvalue weighted by molar-refractivity contribution is -0.137. The highest BCUT2D eigenvalue weighted by atomic mass is 19.4. The fraction of sp³-hybridized carbons (Fsp3) is 0.357. The van der Waals surface area contributed by atoms with Crippen LogP contribution in [0.2, 0.25) is 0 Å². The first kappa shape index (κ1) is 18.5. The van der Waals surface area contributed by atoms with Crippen LogP contribution >= 0.6 is 0 Å². The molecule has 0 heterocycles. The summed E-state index contributed by atoms with van der Waals surface area (Å²) in [6.07, 6.45) is -3.82. The number of benzene rings is 1. The molecule has 0 fully saturated rings. The average Bonchev–Trinajstić information content (AvgIpc) is 2.49. The van der Waals surface area contributed by atoms with Crippen LogP contribution in [0.1, 0.15) is 29.3 Å². The molecule has 0 saturated carbocycles. The maximum atomic E-state index is 12.4. The van der Waals surface area contributed by atoms with Gasteiger partial charge in [-0.05, 0) is 30.7 Å². The summed E-state index contributed by atoms with van der Waals surface area (Å²) in [6.45, 7) is 1.48. The lowest BCUT2D eigenvalue weighted by Crippen LogP contribution is -2.41. The second-order valence-corrected chi connectivity index (χ2v) is 4.46. The maximum absolute atomic E-state index is 12.4. The number of imide groups is 1. The highest BCUT2D eigenvalue weighted by Gasteiger charge is 2.30. The molecular formula is C14H15F3N2O4. The van der Waals surface area contributed by atoms with E-state index in [1.807, 2.05) is 12.2 Å². The zero-order chi connectivity index (χ0) is 17.5. The molecule has 23 heavy (non-hydrogen) atoms. The highest BCUT2D eigenvalue weighted by molar-refractivity contribution is 5.97. The standard InChI is InChI=1S/C14H15F3N2O4/c1-2-7-18-13(22)19-11(20)8-23-12(21)9-3-5-10(6-4-9)14(15,16)17/h3-6H,2,7-8H2,1H3,(H2,18,19,20,22). The topological polar surface area (TPSA) is 84.5 Å². The maximum Gasteiger partial charge on any atom is 0.416 e. The number of esters is 1. The molecule has 0 bridgehead atoms. The van der Waals surface area contributed by atoms with E-state index in [4.69, 9.17) is 0 Å². The summed E-state index contributed by atoms with van der Waals surface area (Å²) in [5.74, 6) is -1.82. The molecule has 1 aromatic carbocycles. The molecule has 0 saturated heterocycles. The van der Waals surface area contributed by atoms with Gasteiger partial charge in [-0.2, -0.15) is 13.2 Å². The zero-order valence-electron chi connectivity index (χ0n) is 12.2. The molecule has 126 valence electrons. The average molecular weight is 332 g/mol. The van der Waals surface area contributed by atoms with Crippen molar-refractivity contribution in [1.82, 2.24) is 10.6 Å². The van der Waals surface area contributed by atoms with Gasteiger partial charge in [-0.25, -0.2) is 9.59 Å². The van der Waals surface area contributed by atoms with Crippen LogP contribution in [0.15, 0.2) is 24.3 Å². The third kappa shape index (κ3) is 6.37. The first-order chi connectivity index (χ1) is 10.7. The predicted molar refractivity (Wildman–Crippen MR) is 73.6 cm³/mol. The van der Waals surface area contributed by atoms with Gasteiger partial charge in [0.1, 0.15) is 0 Å². The third-order valence-corrected chi connectivity index (χ3v) is 2.57. The van der Waals surface area contributed by atoms with Crippen LogP contribution < -0.4 is 10.6 Å². The minimum absolute atomic E-state index is 0.138. The number of carbonyl (C=O) groups is 3. The Balaban J connectivity index is 2.47. The number of hydrogen-bond donors (Lipinski definition) is 2. The van der Waals surface area contributed by atoms with Crippen molar-refractivity contribution in [1.29, 1.82) is 0 Å². The normalized spacial score (nSPS) is 10.8. The van der Waals surface area contributed by atoms with Gasteiger partial charge in [-0.15, -0.1) is 0 Å². The van der Waals surface area contributed by atoms with Crippen LogP contribution in [-0.2, 0) is 15.7 Å². The Morgan fingerprint density at radius 2 is 1.74 bits per heavy atom. The Bertz CT molecular complexity index is 570. The van der Waals surface area contributed by atoms with Crippen molar-refractivity contribution in [3.63, 3.8) is 0 Å². The molecule has 2 N–H and O–H groups in total. The molecule has 6 nitrogen and oxygen atoms in total. The summed E-state index contributed by atoms with van der Waals surface area (Å²) in [5.41, 5.74) is -1.04. The third-order valence-electron chi connectivity index (χ3n) is 2.57. The lowest BCUT2D eigenvalue weighted by Gasteiger charge is -2.08. The summed E-state index contributed by atoms with van der Waals surface area (Å²) in [5, 5.41) is 4.32. The molecule has 9 heteroatoms. The molecule has 0 atom stereocenters. The van der Waals surface area contributed by atoms with Crippen molar-refractivity contribution in [2.75, 3.05) is 13.2 Å². The van der Waals surface area contributed by atoms with E-state index in [0.717, 1.165) is 24.3 Å². The molecule has 0 aliphatic heterocycles. The number of halogens is 3. The van der Waals surface area contributed by atoms with Gasteiger partial charge < -0.3 is 10.1 Å². The van der Waals surface area contributed by atoms with Crippen LogP contribution in [0, 0.1) is 0 Å². The van der Waals surface area contributed by atoms with E-state index in [9.17, 15) is 27.6 Å². The van der Waals surface area contributed by atoms with Gasteiger partial charge in [0.25, 0.3) is 5.91 Å². The minimum atomic E-state index is -4.51. The van der Waals surface area contributed by atoms with Crippen molar-refractivity contribution < 1.29 is 32.3 Å². The molecule has 0 aliphatic carbocycles. The highest BCUT2D eigenvalue weighted by Crippen LogP contribution is 2.29. The quantitative estimate of drug-likeness (QED) is 0.809. The Labute approximate surface area is 130 Å². The molecular weight excluding hydrogens is 317 g/mol. The first-order valence-corrected chi connectivity index (χ1v) is 6.66. The molecule has 0 radical (unpaired) electrons. The second-order valence-electron chi connectivity index (χ2n) is 4.46. The number of carbonyl (C=O) groups excluding carboxylic acids is 3. The van der Waals surface area contributed by atoms with E-state index in [-0.39, 0.29) is 5.56 Å². The van der Waals surface area contributed by atoms with E-state index in [0.29, 0.717) is 13.0 Å². The van der Waals surface area contributed by atoms with Gasteiger partial charge in [0.15, 0.2) is 6.61 Å². The molecule has 3 amide bonds. The summed E-state index contributed by atoms with van der Waals surface area (Å²) in [4.78, 5) is 34.1. The number of hydrogen-bond acceptors (Lipinski definition) is 4.